The van der Waals surface area contributed by atoms with Gasteiger partial charge in [0.05, 0.1) is 12.7 Å². The maximum Gasteiger partial charge on any atom is 0.416 e. The maximum absolute atomic E-state index is 12.9. The van der Waals surface area contributed by atoms with Gasteiger partial charge in [-0.3, -0.25) is 18.9 Å². The maximum atomic E-state index is 12.9. The second-order valence-corrected chi connectivity index (χ2v) is 5.47. The number of halogens is 4. The molecule has 1 unspecified atom stereocenters. The molecule has 0 aromatic carbocycles. The molecule has 0 aliphatic carbocycles. The lowest BCUT2D eigenvalue weighted by Gasteiger charge is -2.21. The van der Waals surface area contributed by atoms with Gasteiger partial charge >= 0.3 is 19.5 Å². The zero-order valence-electron chi connectivity index (χ0n) is 10.0. The standard InChI is InChI=1S/C8H9F4N2O6P/c9-4-1-14(7(16)13-6(4)15)2-5(8(10,11)12)20-3-21(17,18)19/h1,5H,2-3H2,(H,13,15,16)(H2,17,18,19). The number of H-pyrrole nitrogens is 1. The quantitative estimate of drug-likeness (QED) is 0.504. The average Bonchev–Trinajstić information content (AvgIpc) is 2.27. The van der Waals surface area contributed by atoms with Crippen molar-refractivity contribution in [3.05, 3.63) is 32.9 Å². The molecule has 0 fully saturated rings. The van der Waals surface area contributed by atoms with Crippen LogP contribution in [0.5, 0.6) is 0 Å². The number of alkyl halides is 3. The second kappa shape index (κ2) is 6.10. The Morgan fingerprint density at radius 1 is 1.38 bits per heavy atom. The Labute approximate surface area is 113 Å². The first kappa shape index (κ1) is 17.6. The van der Waals surface area contributed by atoms with Crippen LogP contribution in [0.25, 0.3) is 0 Å². The molecule has 0 aliphatic heterocycles. The lowest BCUT2D eigenvalue weighted by atomic mass is 10.3. The summed E-state index contributed by atoms with van der Waals surface area (Å²) in [6.07, 6.45) is -9.13. The number of nitrogens with one attached hydrogen (secondary N) is 1. The second-order valence-electron chi connectivity index (χ2n) is 3.88. The molecule has 0 radical (unpaired) electrons. The first-order valence-electron chi connectivity index (χ1n) is 5.12. The zero-order valence-corrected chi connectivity index (χ0v) is 10.9. The summed E-state index contributed by atoms with van der Waals surface area (Å²) in [4.78, 5) is 40.3. The SMILES string of the molecule is O=c1[nH]c(=O)n(CC(OCP(=O)(O)O)C(F)(F)F)cc1F. The monoisotopic (exact) mass is 336 g/mol. The van der Waals surface area contributed by atoms with Gasteiger partial charge in [0.25, 0.3) is 5.56 Å². The van der Waals surface area contributed by atoms with Gasteiger partial charge in [0, 0.05) is 0 Å². The molecule has 0 saturated heterocycles. The third kappa shape index (κ3) is 5.42. The molecule has 0 amide bonds. The van der Waals surface area contributed by atoms with E-state index in [1.165, 1.54) is 4.98 Å². The molecule has 0 bridgehead atoms. The minimum atomic E-state index is -5.07. The first-order chi connectivity index (χ1) is 9.40. The van der Waals surface area contributed by atoms with E-state index in [1.54, 1.807) is 0 Å². The van der Waals surface area contributed by atoms with E-state index in [2.05, 4.69) is 4.74 Å². The molecule has 3 N–H and O–H groups in total. The minimum Gasteiger partial charge on any atom is -0.354 e. The summed E-state index contributed by atoms with van der Waals surface area (Å²) in [5.41, 5.74) is -2.73. The molecule has 1 aromatic heterocycles. The predicted octanol–water partition coefficient (Wildman–Crippen LogP) is -0.242. The van der Waals surface area contributed by atoms with E-state index in [0.717, 1.165) is 0 Å². The van der Waals surface area contributed by atoms with Crippen molar-refractivity contribution in [2.45, 2.75) is 18.8 Å². The van der Waals surface area contributed by atoms with E-state index in [0.29, 0.717) is 0 Å². The largest absolute Gasteiger partial charge is 0.416 e. The number of aromatic nitrogens is 2. The lowest BCUT2D eigenvalue weighted by molar-refractivity contribution is -0.220. The van der Waals surface area contributed by atoms with Crippen LogP contribution in [-0.4, -0.2) is 38.0 Å². The highest BCUT2D eigenvalue weighted by molar-refractivity contribution is 7.51. The van der Waals surface area contributed by atoms with Gasteiger partial charge in [0.2, 0.25) is 5.82 Å². The molecular weight excluding hydrogens is 327 g/mol. The Morgan fingerprint density at radius 2 is 1.95 bits per heavy atom. The molecule has 120 valence electrons. The Hall–Kier alpha value is -1.49. The van der Waals surface area contributed by atoms with Gasteiger partial charge in [0.1, 0.15) is 6.35 Å². The molecule has 1 aromatic rings. The van der Waals surface area contributed by atoms with Gasteiger partial charge in [-0.15, -0.1) is 0 Å². The van der Waals surface area contributed by atoms with E-state index in [9.17, 15) is 31.7 Å². The third-order valence-corrected chi connectivity index (χ3v) is 2.62. The van der Waals surface area contributed by atoms with Crippen LogP contribution in [0.2, 0.25) is 0 Å². The van der Waals surface area contributed by atoms with Crippen LogP contribution >= 0.6 is 7.60 Å². The Kier molecular flexibility index (Phi) is 5.10. The number of rotatable bonds is 5. The number of ether oxygens (including phenoxy) is 1. The molecule has 13 heteroatoms. The summed E-state index contributed by atoms with van der Waals surface area (Å²) in [6, 6.07) is 0. The van der Waals surface area contributed by atoms with Gasteiger partial charge in [-0.05, 0) is 0 Å². The van der Waals surface area contributed by atoms with E-state index < -0.39 is 49.8 Å². The van der Waals surface area contributed by atoms with Crippen molar-refractivity contribution in [2.24, 2.45) is 0 Å². The molecule has 0 aliphatic rings. The molecular formula is C8H9F4N2O6P. The normalized spacial score (nSPS) is 14.2. The summed E-state index contributed by atoms with van der Waals surface area (Å²) in [6.45, 7) is -1.28. The van der Waals surface area contributed by atoms with Crippen molar-refractivity contribution >= 4 is 7.60 Å². The molecule has 1 rings (SSSR count). The highest BCUT2D eigenvalue weighted by Crippen LogP contribution is 2.36. The van der Waals surface area contributed by atoms with Crippen molar-refractivity contribution in [2.75, 3.05) is 6.35 Å². The van der Waals surface area contributed by atoms with E-state index in [4.69, 9.17) is 9.79 Å². The van der Waals surface area contributed by atoms with Gasteiger partial charge in [-0.1, -0.05) is 0 Å². The fourth-order valence-electron chi connectivity index (χ4n) is 1.23. The third-order valence-electron chi connectivity index (χ3n) is 2.14. The number of nitrogens with zero attached hydrogens (tertiary/aromatic N) is 1. The van der Waals surface area contributed by atoms with Crippen LogP contribution in [0.15, 0.2) is 15.8 Å². The van der Waals surface area contributed by atoms with Crippen LogP contribution in [-0.2, 0) is 15.8 Å². The first-order valence-corrected chi connectivity index (χ1v) is 6.92. The smallest absolute Gasteiger partial charge is 0.354 e. The van der Waals surface area contributed by atoms with Gasteiger partial charge in [0.15, 0.2) is 6.10 Å². The minimum absolute atomic E-state index is 0.175. The molecule has 0 saturated carbocycles. The van der Waals surface area contributed by atoms with Crippen molar-refractivity contribution in [1.29, 1.82) is 0 Å². The summed E-state index contributed by atoms with van der Waals surface area (Å²) in [5, 5.41) is 0. The Balaban J connectivity index is 3.02. The summed E-state index contributed by atoms with van der Waals surface area (Å²) >= 11 is 0. The van der Waals surface area contributed by atoms with Crippen molar-refractivity contribution in [3.63, 3.8) is 0 Å². The summed E-state index contributed by atoms with van der Waals surface area (Å²) in [7, 11) is -4.86. The Morgan fingerprint density at radius 3 is 2.43 bits per heavy atom. The fraction of sp³-hybridized carbons (Fsp3) is 0.500. The van der Waals surface area contributed by atoms with Crippen LogP contribution in [0.3, 0.4) is 0 Å². The van der Waals surface area contributed by atoms with Crippen molar-refractivity contribution < 1.29 is 36.7 Å². The molecule has 1 heterocycles. The molecule has 21 heavy (non-hydrogen) atoms. The van der Waals surface area contributed by atoms with E-state index in [-0.39, 0.29) is 10.8 Å². The van der Waals surface area contributed by atoms with Crippen LogP contribution < -0.4 is 11.2 Å². The fourth-order valence-corrected chi connectivity index (χ4v) is 1.61. The van der Waals surface area contributed by atoms with Gasteiger partial charge in [-0.2, -0.15) is 17.6 Å². The lowest BCUT2D eigenvalue weighted by Crippen LogP contribution is -2.41. The summed E-state index contributed by atoms with van der Waals surface area (Å²) in [5.74, 6) is -1.49. The highest BCUT2D eigenvalue weighted by atomic mass is 31.2. The number of hydrogen-bond donors (Lipinski definition) is 3. The zero-order chi connectivity index (χ0) is 16.4. The molecule has 8 nitrogen and oxygen atoms in total. The van der Waals surface area contributed by atoms with Crippen LogP contribution in [0, 0.1) is 5.82 Å². The van der Waals surface area contributed by atoms with Gasteiger partial charge < -0.3 is 14.5 Å². The molecule has 1 atom stereocenters. The average molecular weight is 336 g/mol. The highest BCUT2D eigenvalue weighted by Gasteiger charge is 2.42. The van der Waals surface area contributed by atoms with Gasteiger partial charge in [-0.25, -0.2) is 4.79 Å². The van der Waals surface area contributed by atoms with Crippen LogP contribution in [0.4, 0.5) is 17.6 Å². The van der Waals surface area contributed by atoms with E-state index >= 15 is 0 Å². The summed E-state index contributed by atoms with van der Waals surface area (Å²) < 4.78 is 65.6. The topological polar surface area (TPSA) is 122 Å². The van der Waals surface area contributed by atoms with E-state index in [1.807, 2.05) is 0 Å². The predicted molar refractivity (Wildman–Crippen MR) is 59.1 cm³/mol. The van der Waals surface area contributed by atoms with Crippen molar-refractivity contribution in [1.82, 2.24) is 9.55 Å². The van der Waals surface area contributed by atoms with Crippen LogP contribution in [0.1, 0.15) is 0 Å². The Bertz CT molecular complexity index is 662. The van der Waals surface area contributed by atoms with Crippen molar-refractivity contribution in [3.8, 4) is 0 Å². The number of hydrogen-bond acceptors (Lipinski definition) is 4. The molecule has 0 spiro atoms. The number of aromatic amines is 1.